The maximum Gasteiger partial charge on any atom is 0.0971 e. The van der Waals surface area contributed by atoms with Crippen LogP contribution in [0, 0.1) is 13.2 Å². The number of hydrogen-bond donors (Lipinski definition) is 0. The normalized spacial score (nSPS) is 23.6. The second-order valence-corrected chi connectivity index (χ2v) is 2.24. The van der Waals surface area contributed by atoms with E-state index in [0.29, 0.717) is 0 Å². The predicted molar refractivity (Wildman–Crippen MR) is 32.8 cm³/mol. The molecule has 8 heavy (non-hydrogen) atoms. The van der Waals surface area contributed by atoms with E-state index in [-0.39, 0.29) is 0 Å². The van der Waals surface area contributed by atoms with Crippen molar-refractivity contribution in [2.45, 2.75) is 32.1 Å². The highest BCUT2D eigenvalue weighted by Gasteiger charge is 2.11. The first kappa shape index (κ1) is 6.09. The van der Waals surface area contributed by atoms with Crippen molar-refractivity contribution in [2.75, 3.05) is 0 Å². The lowest BCUT2D eigenvalue weighted by Gasteiger charge is -2.17. The first-order valence-electron chi connectivity index (χ1n) is 3.20. The number of rotatable bonds is 1. The van der Waals surface area contributed by atoms with Crippen molar-refractivity contribution >= 4 is 0 Å². The molecular formula is C7H12O. The van der Waals surface area contributed by atoms with Gasteiger partial charge in [0.05, 0.1) is 13.2 Å². The van der Waals surface area contributed by atoms with E-state index in [2.05, 4.69) is 7.11 Å². The van der Waals surface area contributed by atoms with Crippen LogP contribution in [0.3, 0.4) is 0 Å². The molecular weight excluding hydrogens is 100 g/mol. The third-order valence-corrected chi connectivity index (χ3v) is 1.62. The van der Waals surface area contributed by atoms with Crippen LogP contribution in [0.4, 0.5) is 0 Å². The van der Waals surface area contributed by atoms with E-state index in [1.165, 1.54) is 25.4 Å². The fourth-order valence-corrected chi connectivity index (χ4v) is 1.09. The van der Waals surface area contributed by atoms with Crippen molar-refractivity contribution < 1.29 is 4.74 Å². The zero-order valence-electron chi connectivity index (χ0n) is 5.15. The predicted octanol–water partition coefficient (Wildman–Crippen LogP) is 2.29. The first-order valence-corrected chi connectivity index (χ1v) is 3.20. The maximum atomic E-state index is 4.86. The van der Waals surface area contributed by atoms with Crippen molar-refractivity contribution in [3.05, 3.63) is 13.2 Å². The molecule has 1 heteroatoms. The van der Waals surface area contributed by atoms with Gasteiger partial charge in [-0.15, -0.1) is 0 Å². The molecule has 1 rings (SSSR count). The molecule has 1 nitrogen and oxygen atoms in total. The van der Waals surface area contributed by atoms with Crippen molar-refractivity contribution in [3.63, 3.8) is 0 Å². The van der Waals surface area contributed by atoms with Crippen LogP contribution in [-0.4, -0.2) is 0 Å². The molecule has 0 unspecified atom stereocenters. The third-order valence-electron chi connectivity index (χ3n) is 1.62. The monoisotopic (exact) mass is 112 g/mol. The Labute approximate surface area is 51.0 Å². The Hall–Kier alpha value is -0.0400. The molecule has 0 heterocycles. The van der Waals surface area contributed by atoms with Gasteiger partial charge >= 0.3 is 0 Å². The van der Waals surface area contributed by atoms with Crippen LogP contribution in [0.2, 0.25) is 0 Å². The topological polar surface area (TPSA) is 9.23 Å². The second kappa shape index (κ2) is 3.08. The molecule has 1 aliphatic rings. The molecule has 1 fully saturated rings. The van der Waals surface area contributed by atoms with Crippen molar-refractivity contribution in [3.8, 4) is 0 Å². The van der Waals surface area contributed by atoms with Gasteiger partial charge in [-0.05, 0) is 12.8 Å². The fraction of sp³-hybridized carbons (Fsp3) is 0.714. The Morgan fingerprint density at radius 2 is 1.75 bits per heavy atom. The summed E-state index contributed by atoms with van der Waals surface area (Å²) in [6.07, 6.45) is 7.44. The van der Waals surface area contributed by atoms with Gasteiger partial charge in [0.1, 0.15) is 0 Å². The number of hydrogen-bond acceptors (Lipinski definition) is 1. The van der Waals surface area contributed by atoms with E-state index in [9.17, 15) is 0 Å². The van der Waals surface area contributed by atoms with Crippen LogP contribution in [0.25, 0.3) is 0 Å². The number of ether oxygens (including phenoxy) is 1. The van der Waals surface area contributed by atoms with E-state index in [1.807, 2.05) is 0 Å². The minimum Gasteiger partial charge on any atom is -0.370 e. The maximum absolute atomic E-state index is 4.86. The summed E-state index contributed by atoms with van der Waals surface area (Å²) in [7, 11) is 3.37. The van der Waals surface area contributed by atoms with Gasteiger partial charge < -0.3 is 4.74 Å². The Kier molecular flexibility index (Phi) is 2.34. The smallest absolute Gasteiger partial charge is 0.0971 e. The van der Waals surface area contributed by atoms with Crippen molar-refractivity contribution in [2.24, 2.45) is 0 Å². The highest BCUT2D eigenvalue weighted by molar-refractivity contribution is 4.81. The van der Waals surface area contributed by atoms with E-state index < -0.39 is 0 Å². The molecule has 0 atom stereocenters. The molecule has 0 aliphatic heterocycles. The third kappa shape index (κ3) is 1.48. The summed E-state index contributed by atoms with van der Waals surface area (Å²) in [5, 5.41) is 0. The average Bonchev–Trinajstić information content (AvgIpc) is 1.90. The summed E-state index contributed by atoms with van der Waals surface area (Å²) < 4.78 is 4.86. The Morgan fingerprint density at radius 1 is 1.12 bits per heavy atom. The fourth-order valence-electron chi connectivity index (χ4n) is 1.09. The molecule has 0 N–H and O–H groups in total. The van der Waals surface area contributed by atoms with E-state index in [1.54, 1.807) is 0 Å². The van der Waals surface area contributed by atoms with Crippen LogP contribution in [0.5, 0.6) is 0 Å². The Morgan fingerprint density at radius 3 is 2.12 bits per heavy atom. The molecule has 0 aromatic rings. The SMILES string of the molecule is [CH2]O[C]1CCCCC1. The van der Waals surface area contributed by atoms with Gasteiger partial charge in [0.25, 0.3) is 0 Å². The molecule has 46 valence electrons. The molecule has 0 spiro atoms. The lowest BCUT2D eigenvalue weighted by atomic mass is 9.98. The van der Waals surface area contributed by atoms with Crippen LogP contribution in [0.1, 0.15) is 32.1 Å². The highest BCUT2D eigenvalue weighted by Crippen LogP contribution is 2.25. The van der Waals surface area contributed by atoms with Crippen molar-refractivity contribution in [1.29, 1.82) is 0 Å². The van der Waals surface area contributed by atoms with Crippen molar-refractivity contribution in [1.82, 2.24) is 0 Å². The molecule has 2 radical (unpaired) electrons. The standard InChI is InChI=1S/C7H12O/c1-8-7-5-3-2-4-6-7/h1-6H2. The lowest BCUT2D eigenvalue weighted by molar-refractivity contribution is 0.201. The van der Waals surface area contributed by atoms with Crippen LogP contribution >= 0.6 is 0 Å². The van der Waals surface area contributed by atoms with Gasteiger partial charge in [-0.25, -0.2) is 0 Å². The average molecular weight is 112 g/mol. The Bertz CT molecular complexity index is 55.4. The summed E-state index contributed by atoms with van der Waals surface area (Å²) in [4.78, 5) is 0. The zero-order chi connectivity index (χ0) is 5.82. The quantitative estimate of drug-likeness (QED) is 0.505. The summed E-state index contributed by atoms with van der Waals surface area (Å²) in [5.41, 5.74) is 0. The zero-order valence-corrected chi connectivity index (χ0v) is 5.15. The van der Waals surface area contributed by atoms with E-state index in [4.69, 9.17) is 4.74 Å². The summed E-state index contributed by atoms with van der Waals surface area (Å²) in [6, 6.07) is 0. The van der Waals surface area contributed by atoms with Gasteiger partial charge in [-0.1, -0.05) is 19.3 Å². The molecule has 0 saturated heterocycles. The van der Waals surface area contributed by atoms with Crippen LogP contribution in [0.15, 0.2) is 0 Å². The van der Waals surface area contributed by atoms with Crippen LogP contribution in [-0.2, 0) is 4.74 Å². The second-order valence-electron chi connectivity index (χ2n) is 2.24. The van der Waals surface area contributed by atoms with Gasteiger partial charge in [-0.2, -0.15) is 0 Å². The summed E-state index contributed by atoms with van der Waals surface area (Å²) in [6.45, 7) is 0. The molecule has 0 aromatic heterocycles. The largest absolute Gasteiger partial charge is 0.370 e. The van der Waals surface area contributed by atoms with Gasteiger partial charge in [0, 0.05) is 0 Å². The minimum absolute atomic E-state index is 1.14. The van der Waals surface area contributed by atoms with E-state index in [0.717, 1.165) is 12.8 Å². The molecule has 1 saturated carbocycles. The summed E-state index contributed by atoms with van der Waals surface area (Å²) in [5.74, 6) is 0. The van der Waals surface area contributed by atoms with Crippen LogP contribution < -0.4 is 0 Å². The van der Waals surface area contributed by atoms with Gasteiger partial charge in [0.2, 0.25) is 0 Å². The minimum atomic E-state index is 1.14. The van der Waals surface area contributed by atoms with Gasteiger partial charge in [0.15, 0.2) is 0 Å². The molecule has 0 bridgehead atoms. The molecule has 0 amide bonds. The molecule has 1 aliphatic carbocycles. The Balaban J connectivity index is 2.13. The first-order chi connectivity index (χ1) is 3.93. The van der Waals surface area contributed by atoms with Gasteiger partial charge in [-0.3, -0.25) is 0 Å². The lowest BCUT2D eigenvalue weighted by Crippen LogP contribution is -2.03. The molecule has 0 aromatic carbocycles. The highest BCUT2D eigenvalue weighted by atomic mass is 16.5. The van der Waals surface area contributed by atoms with E-state index >= 15 is 0 Å². The summed E-state index contributed by atoms with van der Waals surface area (Å²) >= 11 is 0.